The second-order valence-electron chi connectivity index (χ2n) is 2.98. The lowest BCUT2D eigenvalue weighted by Crippen LogP contribution is -2.03. The summed E-state index contributed by atoms with van der Waals surface area (Å²) < 4.78 is 36.7. The van der Waals surface area contributed by atoms with Crippen molar-refractivity contribution >= 4 is 10.4 Å². The summed E-state index contributed by atoms with van der Waals surface area (Å²) in [6.07, 6.45) is 0.720. The molecule has 1 rings (SSSR count). The number of ether oxygens (including phenoxy) is 1. The highest BCUT2D eigenvalue weighted by Gasteiger charge is 2.01. The number of methoxy groups -OCH3 is 1. The monoisotopic (exact) mass is 265 g/mol. The lowest BCUT2D eigenvalue weighted by Gasteiger charge is -2.06. The second-order valence-corrected chi connectivity index (χ2v) is 3.88. The van der Waals surface area contributed by atoms with Gasteiger partial charge in [0.15, 0.2) is 0 Å². The van der Waals surface area contributed by atoms with Gasteiger partial charge in [-0.2, -0.15) is 8.42 Å². The van der Waals surface area contributed by atoms with Crippen molar-refractivity contribution in [1.82, 2.24) is 0 Å². The van der Waals surface area contributed by atoms with Crippen molar-refractivity contribution in [2.24, 2.45) is 5.73 Å². The number of rotatable bonds is 3. The molecule has 0 spiro atoms. The summed E-state index contributed by atoms with van der Waals surface area (Å²) in [6, 6.07) is 5.00. The first-order chi connectivity index (χ1) is 7.77. The average molecular weight is 265 g/mol. The third kappa shape index (κ3) is 8.46. The number of benzene rings is 1. The first-order valence-corrected chi connectivity index (χ1v) is 5.93. The highest BCUT2D eigenvalue weighted by atomic mass is 32.3. The van der Waals surface area contributed by atoms with Crippen LogP contribution in [-0.2, 0) is 16.8 Å². The molecule has 7 nitrogen and oxygen atoms in total. The molecule has 1 aromatic rings. The molecule has 0 unspecified atom stereocenters. The van der Waals surface area contributed by atoms with E-state index in [2.05, 4.69) is 0 Å². The highest BCUT2D eigenvalue weighted by molar-refractivity contribution is 7.79. The van der Waals surface area contributed by atoms with Crippen LogP contribution in [0.5, 0.6) is 11.5 Å². The van der Waals surface area contributed by atoms with Gasteiger partial charge in [-0.1, -0.05) is 0 Å². The molecule has 0 saturated heterocycles. The van der Waals surface area contributed by atoms with Crippen molar-refractivity contribution in [2.75, 3.05) is 13.7 Å². The van der Waals surface area contributed by atoms with Gasteiger partial charge in [-0.3, -0.25) is 9.11 Å². The van der Waals surface area contributed by atoms with Gasteiger partial charge in [0.25, 0.3) is 0 Å². The van der Waals surface area contributed by atoms with Crippen molar-refractivity contribution in [3.63, 3.8) is 0 Å². The Bertz CT molecular complexity index is 437. The third-order valence-electron chi connectivity index (χ3n) is 1.68. The summed E-state index contributed by atoms with van der Waals surface area (Å²) in [5.74, 6) is 1.03. The van der Waals surface area contributed by atoms with Crippen LogP contribution in [0.25, 0.3) is 0 Å². The predicted molar refractivity (Wildman–Crippen MR) is 61.6 cm³/mol. The van der Waals surface area contributed by atoms with E-state index in [0.717, 1.165) is 17.7 Å². The van der Waals surface area contributed by atoms with Gasteiger partial charge in [0, 0.05) is 0 Å². The minimum absolute atomic E-state index is 0.249. The van der Waals surface area contributed by atoms with E-state index in [1.54, 1.807) is 25.3 Å². The van der Waals surface area contributed by atoms with Gasteiger partial charge < -0.3 is 15.6 Å². The number of hydrogen-bond acceptors (Lipinski definition) is 5. The summed E-state index contributed by atoms with van der Waals surface area (Å²) in [5, 5.41) is 9.16. The zero-order chi connectivity index (χ0) is 13.5. The van der Waals surface area contributed by atoms with Gasteiger partial charge in [0.2, 0.25) is 0 Å². The molecule has 1 aromatic carbocycles. The topological polar surface area (TPSA) is 130 Å². The molecule has 0 radical (unpaired) electrons. The van der Waals surface area contributed by atoms with Gasteiger partial charge >= 0.3 is 10.4 Å². The lowest BCUT2D eigenvalue weighted by molar-refractivity contribution is 0.381. The number of aromatic hydroxyl groups is 1. The van der Waals surface area contributed by atoms with E-state index in [-0.39, 0.29) is 5.75 Å². The number of phenols is 1. The molecule has 0 heterocycles. The van der Waals surface area contributed by atoms with Crippen molar-refractivity contribution in [3.05, 3.63) is 23.8 Å². The normalized spacial score (nSPS) is 10.4. The van der Waals surface area contributed by atoms with E-state index >= 15 is 0 Å². The Hall–Kier alpha value is -1.35. The number of hydrogen-bond donors (Lipinski definition) is 4. The Morgan fingerprint density at radius 2 is 1.88 bits per heavy atom. The minimum atomic E-state index is -4.67. The average Bonchev–Trinajstić information content (AvgIpc) is 2.16. The first kappa shape index (κ1) is 15.7. The summed E-state index contributed by atoms with van der Waals surface area (Å²) in [6.45, 7) is 0.555. The van der Waals surface area contributed by atoms with Gasteiger partial charge in [-0.15, -0.1) is 0 Å². The predicted octanol–water partition coefficient (Wildman–Crippen LogP) is 0.249. The number of nitrogens with two attached hydrogens (primary N) is 1. The molecule has 0 aliphatic carbocycles. The van der Waals surface area contributed by atoms with Crippen LogP contribution in [0.2, 0.25) is 0 Å². The fourth-order valence-electron chi connectivity index (χ4n) is 1.12. The van der Waals surface area contributed by atoms with Crippen molar-refractivity contribution in [3.8, 4) is 11.5 Å². The molecule has 5 N–H and O–H groups in total. The molecule has 17 heavy (non-hydrogen) atoms. The fourth-order valence-corrected chi connectivity index (χ4v) is 1.12. The molecule has 8 heteroatoms. The lowest BCUT2D eigenvalue weighted by atomic mass is 10.1. The molecule has 0 aliphatic heterocycles. The smallest absolute Gasteiger partial charge is 0.394 e. The van der Waals surface area contributed by atoms with E-state index < -0.39 is 10.4 Å². The van der Waals surface area contributed by atoms with E-state index in [0.29, 0.717) is 6.54 Å². The molecule has 0 saturated carbocycles. The molecule has 0 aromatic heterocycles. The zero-order valence-electron chi connectivity index (χ0n) is 9.20. The maximum absolute atomic E-state index is 9.16. The quantitative estimate of drug-likeness (QED) is 0.576. The Morgan fingerprint density at radius 1 is 1.35 bits per heavy atom. The Morgan fingerprint density at radius 3 is 2.29 bits per heavy atom. The standard InChI is InChI=1S/C9H13NO2.H2O4S/c1-12-9-3-2-8(11)6-7(9)4-5-10;1-5(2,3)4/h2-3,6,11H,4-5,10H2,1H3;(H2,1,2,3,4). The van der Waals surface area contributed by atoms with Gasteiger partial charge in [-0.25, -0.2) is 0 Å². The second kappa shape index (κ2) is 7.07. The molecule has 0 fully saturated rings. The largest absolute Gasteiger partial charge is 0.508 e. The molecular weight excluding hydrogens is 250 g/mol. The van der Waals surface area contributed by atoms with Crippen LogP contribution in [0.3, 0.4) is 0 Å². The molecule has 0 aliphatic rings. The van der Waals surface area contributed by atoms with E-state index in [1.807, 2.05) is 0 Å². The van der Waals surface area contributed by atoms with Crippen LogP contribution in [0.4, 0.5) is 0 Å². The maximum atomic E-state index is 9.16. The molecule has 0 amide bonds. The summed E-state index contributed by atoms with van der Waals surface area (Å²) >= 11 is 0. The van der Waals surface area contributed by atoms with Crippen LogP contribution in [0.15, 0.2) is 18.2 Å². The third-order valence-corrected chi connectivity index (χ3v) is 1.68. The first-order valence-electron chi connectivity index (χ1n) is 4.53. The molecule has 0 bridgehead atoms. The molecule has 0 atom stereocenters. The SMILES string of the molecule is COc1ccc(O)cc1CCN.O=S(=O)(O)O. The van der Waals surface area contributed by atoms with Crippen LogP contribution in [0, 0.1) is 0 Å². The minimum Gasteiger partial charge on any atom is -0.508 e. The van der Waals surface area contributed by atoms with Crippen LogP contribution < -0.4 is 10.5 Å². The zero-order valence-corrected chi connectivity index (χ0v) is 10.0. The highest BCUT2D eigenvalue weighted by Crippen LogP contribution is 2.22. The van der Waals surface area contributed by atoms with Gasteiger partial charge in [-0.05, 0) is 36.7 Å². The maximum Gasteiger partial charge on any atom is 0.394 e. The van der Waals surface area contributed by atoms with Crippen molar-refractivity contribution in [1.29, 1.82) is 0 Å². The Balaban J connectivity index is 0.000000437. The van der Waals surface area contributed by atoms with Crippen molar-refractivity contribution in [2.45, 2.75) is 6.42 Å². The number of phenolic OH excluding ortho intramolecular Hbond substituents is 1. The summed E-state index contributed by atoms with van der Waals surface area (Å²) in [7, 11) is -3.06. The summed E-state index contributed by atoms with van der Waals surface area (Å²) in [4.78, 5) is 0. The van der Waals surface area contributed by atoms with Crippen LogP contribution in [-0.4, -0.2) is 36.3 Å². The van der Waals surface area contributed by atoms with Gasteiger partial charge in [0.1, 0.15) is 11.5 Å². The van der Waals surface area contributed by atoms with E-state index in [9.17, 15) is 0 Å². The Kier molecular flexibility index (Phi) is 6.51. The summed E-state index contributed by atoms with van der Waals surface area (Å²) in [5.41, 5.74) is 6.34. The van der Waals surface area contributed by atoms with E-state index in [1.165, 1.54) is 0 Å². The Labute approximate surface area is 99.4 Å². The molecular formula is C9H15NO6S. The van der Waals surface area contributed by atoms with Crippen molar-refractivity contribution < 1.29 is 27.4 Å². The molecule has 98 valence electrons. The van der Waals surface area contributed by atoms with Crippen LogP contribution in [0.1, 0.15) is 5.56 Å². The van der Waals surface area contributed by atoms with E-state index in [4.69, 9.17) is 33.1 Å². The van der Waals surface area contributed by atoms with Gasteiger partial charge in [0.05, 0.1) is 7.11 Å². The fraction of sp³-hybridized carbons (Fsp3) is 0.333. The van der Waals surface area contributed by atoms with Crippen LogP contribution >= 0.6 is 0 Å².